The minimum atomic E-state index is -0.699. The molecular formula is C21H20FN3O2S. The Bertz CT molecular complexity index is 979. The van der Waals surface area contributed by atoms with Gasteiger partial charge in [0.15, 0.2) is 0 Å². The molecule has 2 amide bonds. The summed E-state index contributed by atoms with van der Waals surface area (Å²) >= 11 is 1.45. The number of hydrogen-bond donors (Lipinski definition) is 2. The van der Waals surface area contributed by atoms with Crippen LogP contribution in [0.4, 0.5) is 10.1 Å². The van der Waals surface area contributed by atoms with Crippen molar-refractivity contribution < 1.29 is 14.0 Å². The van der Waals surface area contributed by atoms with Gasteiger partial charge in [-0.3, -0.25) is 9.59 Å². The SMILES string of the molecule is Cc1cc(C)cc(NC(=O)C(=O)NCCc2csc(-c3ccc(F)cc3)n2)c1. The van der Waals surface area contributed by atoms with E-state index in [4.69, 9.17) is 0 Å². The number of aromatic nitrogens is 1. The first kappa shape index (κ1) is 19.7. The molecule has 0 aliphatic rings. The molecule has 28 heavy (non-hydrogen) atoms. The van der Waals surface area contributed by atoms with Crippen molar-refractivity contribution >= 4 is 28.8 Å². The van der Waals surface area contributed by atoms with Crippen molar-refractivity contribution in [2.45, 2.75) is 20.3 Å². The number of carbonyl (C=O) groups excluding carboxylic acids is 2. The number of nitrogens with one attached hydrogen (secondary N) is 2. The van der Waals surface area contributed by atoms with Gasteiger partial charge in [-0.1, -0.05) is 6.07 Å². The molecule has 0 saturated carbocycles. The lowest BCUT2D eigenvalue weighted by Crippen LogP contribution is -2.36. The number of benzene rings is 2. The summed E-state index contributed by atoms with van der Waals surface area (Å²) in [6.07, 6.45) is 0.500. The third kappa shape index (κ3) is 5.23. The van der Waals surface area contributed by atoms with E-state index in [2.05, 4.69) is 15.6 Å². The highest BCUT2D eigenvalue weighted by Gasteiger charge is 2.14. The van der Waals surface area contributed by atoms with E-state index >= 15 is 0 Å². The first-order chi connectivity index (χ1) is 13.4. The lowest BCUT2D eigenvalue weighted by molar-refractivity contribution is -0.136. The van der Waals surface area contributed by atoms with Crippen molar-refractivity contribution in [2.75, 3.05) is 11.9 Å². The van der Waals surface area contributed by atoms with Crippen LogP contribution in [-0.2, 0) is 16.0 Å². The van der Waals surface area contributed by atoms with Crippen LogP contribution in [0.1, 0.15) is 16.8 Å². The molecular weight excluding hydrogens is 377 g/mol. The molecule has 3 rings (SSSR count). The Morgan fingerprint density at radius 2 is 1.71 bits per heavy atom. The third-order valence-corrected chi connectivity index (χ3v) is 4.94. The van der Waals surface area contributed by atoms with E-state index in [1.165, 1.54) is 23.5 Å². The van der Waals surface area contributed by atoms with Gasteiger partial charge in [0, 0.05) is 29.6 Å². The number of anilines is 1. The van der Waals surface area contributed by atoms with E-state index in [1.54, 1.807) is 12.1 Å². The Hall–Kier alpha value is -3.06. The first-order valence-electron chi connectivity index (χ1n) is 8.78. The molecule has 1 heterocycles. The molecule has 5 nitrogen and oxygen atoms in total. The van der Waals surface area contributed by atoms with Gasteiger partial charge in [0.05, 0.1) is 5.69 Å². The maximum Gasteiger partial charge on any atom is 0.313 e. The maximum absolute atomic E-state index is 13.0. The van der Waals surface area contributed by atoms with E-state index in [1.807, 2.05) is 37.4 Å². The molecule has 0 atom stereocenters. The highest BCUT2D eigenvalue weighted by Crippen LogP contribution is 2.24. The number of thiazole rings is 1. The van der Waals surface area contributed by atoms with E-state index in [9.17, 15) is 14.0 Å². The van der Waals surface area contributed by atoms with Gasteiger partial charge < -0.3 is 10.6 Å². The molecule has 7 heteroatoms. The van der Waals surface area contributed by atoms with E-state index in [0.717, 1.165) is 27.4 Å². The summed E-state index contributed by atoms with van der Waals surface area (Å²) < 4.78 is 13.0. The molecule has 0 fully saturated rings. The highest BCUT2D eigenvalue weighted by molar-refractivity contribution is 7.13. The average molecular weight is 397 g/mol. The number of hydrogen-bond acceptors (Lipinski definition) is 4. The van der Waals surface area contributed by atoms with Crippen molar-refractivity contribution in [1.29, 1.82) is 0 Å². The molecule has 0 radical (unpaired) electrons. The molecule has 2 N–H and O–H groups in total. The summed E-state index contributed by atoms with van der Waals surface area (Å²) in [5.74, 6) is -1.68. The second-order valence-corrected chi connectivity index (χ2v) is 7.35. The van der Waals surface area contributed by atoms with Gasteiger partial charge in [0.1, 0.15) is 10.8 Å². The van der Waals surface area contributed by atoms with Crippen molar-refractivity contribution in [3.8, 4) is 10.6 Å². The summed E-state index contributed by atoms with van der Waals surface area (Å²) in [7, 11) is 0. The number of rotatable bonds is 5. The zero-order chi connectivity index (χ0) is 20.1. The van der Waals surface area contributed by atoms with Crippen LogP contribution in [0, 0.1) is 19.7 Å². The summed E-state index contributed by atoms with van der Waals surface area (Å²) in [4.78, 5) is 28.5. The second-order valence-electron chi connectivity index (χ2n) is 6.49. The molecule has 0 saturated heterocycles. The number of aryl methyl sites for hydroxylation is 2. The van der Waals surface area contributed by atoms with Crippen molar-refractivity contribution in [3.63, 3.8) is 0 Å². The Morgan fingerprint density at radius 3 is 2.39 bits per heavy atom. The van der Waals surface area contributed by atoms with Crippen LogP contribution in [0.25, 0.3) is 10.6 Å². The summed E-state index contributed by atoms with van der Waals surface area (Å²) in [5.41, 5.74) is 4.27. The second kappa shape index (κ2) is 8.75. The topological polar surface area (TPSA) is 71.1 Å². The fraction of sp³-hybridized carbons (Fsp3) is 0.190. The lowest BCUT2D eigenvalue weighted by Gasteiger charge is -2.08. The van der Waals surface area contributed by atoms with Crippen LogP contribution in [0.15, 0.2) is 47.8 Å². The predicted octanol–water partition coefficient (Wildman–Crippen LogP) is 3.86. The number of nitrogens with zero attached hydrogens (tertiary/aromatic N) is 1. The zero-order valence-corrected chi connectivity index (χ0v) is 16.4. The van der Waals surface area contributed by atoms with Gasteiger partial charge in [-0.2, -0.15) is 0 Å². The number of carbonyl (C=O) groups is 2. The molecule has 3 aromatic rings. The van der Waals surface area contributed by atoms with Gasteiger partial charge in [-0.15, -0.1) is 11.3 Å². The van der Waals surface area contributed by atoms with Gasteiger partial charge in [0.25, 0.3) is 0 Å². The minimum absolute atomic E-state index is 0.289. The van der Waals surface area contributed by atoms with Crippen molar-refractivity contribution in [3.05, 3.63) is 70.5 Å². The summed E-state index contributed by atoms with van der Waals surface area (Å²) in [6.45, 7) is 4.15. The standard InChI is InChI=1S/C21H20FN3O2S/c1-13-9-14(2)11-18(10-13)24-20(27)19(26)23-8-7-17-12-28-21(25-17)15-3-5-16(22)6-4-15/h3-6,9-12H,7-8H2,1-2H3,(H,23,26)(H,24,27). The average Bonchev–Trinajstić information content (AvgIpc) is 3.10. The molecule has 1 aromatic heterocycles. The van der Waals surface area contributed by atoms with Crippen LogP contribution < -0.4 is 10.6 Å². The summed E-state index contributed by atoms with van der Waals surface area (Å²) in [5, 5.41) is 7.88. The highest BCUT2D eigenvalue weighted by atomic mass is 32.1. The van der Waals surface area contributed by atoms with Gasteiger partial charge in [-0.25, -0.2) is 9.37 Å². The minimum Gasteiger partial charge on any atom is -0.347 e. The Balaban J connectivity index is 1.50. The fourth-order valence-electron chi connectivity index (χ4n) is 2.77. The quantitative estimate of drug-likeness (QED) is 0.642. The molecule has 0 aliphatic heterocycles. The molecule has 144 valence electrons. The van der Waals surface area contributed by atoms with E-state index < -0.39 is 11.8 Å². The molecule has 0 aliphatic carbocycles. The maximum atomic E-state index is 13.0. The first-order valence-corrected chi connectivity index (χ1v) is 9.66. The number of halogens is 1. The Labute approximate surface area is 166 Å². The van der Waals surface area contributed by atoms with Crippen LogP contribution in [-0.4, -0.2) is 23.3 Å². The van der Waals surface area contributed by atoms with Crippen molar-refractivity contribution in [2.24, 2.45) is 0 Å². The summed E-state index contributed by atoms with van der Waals surface area (Å²) in [6, 6.07) is 11.8. The fourth-order valence-corrected chi connectivity index (χ4v) is 3.63. The molecule has 0 unspecified atom stereocenters. The van der Waals surface area contributed by atoms with Crippen LogP contribution in [0.2, 0.25) is 0 Å². The molecule has 2 aromatic carbocycles. The molecule has 0 spiro atoms. The van der Waals surface area contributed by atoms with E-state index in [-0.39, 0.29) is 5.82 Å². The third-order valence-electron chi connectivity index (χ3n) is 4.00. The monoisotopic (exact) mass is 397 g/mol. The number of amides is 2. The predicted molar refractivity (Wildman–Crippen MR) is 109 cm³/mol. The van der Waals surface area contributed by atoms with Gasteiger partial charge >= 0.3 is 11.8 Å². The van der Waals surface area contributed by atoms with Crippen molar-refractivity contribution in [1.82, 2.24) is 10.3 Å². The Kier molecular flexibility index (Phi) is 6.16. The smallest absolute Gasteiger partial charge is 0.313 e. The zero-order valence-electron chi connectivity index (χ0n) is 15.6. The largest absolute Gasteiger partial charge is 0.347 e. The lowest BCUT2D eigenvalue weighted by atomic mass is 10.1. The van der Waals surface area contributed by atoms with Crippen LogP contribution >= 0.6 is 11.3 Å². The van der Waals surface area contributed by atoms with Crippen LogP contribution in [0.5, 0.6) is 0 Å². The van der Waals surface area contributed by atoms with Gasteiger partial charge in [0.2, 0.25) is 0 Å². The Morgan fingerprint density at radius 1 is 1.04 bits per heavy atom. The molecule has 0 bridgehead atoms. The van der Waals surface area contributed by atoms with Gasteiger partial charge in [-0.05, 0) is 61.4 Å². The van der Waals surface area contributed by atoms with E-state index in [0.29, 0.717) is 18.7 Å². The normalized spacial score (nSPS) is 10.5. The van der Waals surface area contributed by atoms with Crippen LogP contribution in [0.3, 0.4) is 0 Å².